The highest BCUT2D eigenvalue weighted by molar-refractivity contribution is 5.98. The summed E-state index contributed by atoms with van der Waals surface area (Å²) in [5, 5.41) is 3.95. The molecule has 0 saturated heterocycles. The van der Waals surface area contributed by atoms with Crippen LogP contribution in [0, 0.1) is 0 Å². The van der Waals surface area contributed by atoms with E-state index in [4.69, 9.17) is 0 Å². The number of nitrogens with one attached hydrogen (secondary N) is 3. The Morgan fingerprint density at radius 2 is 2.29 bits per heavy atom. The smallest absolute Gasteiger partial charge is 0.162 e. The van der Waals surface area contributed by atoms with E-state index in [2.05, 4.69) is 21.4 Å². The Balaban J connectivity index is 2.22. The highest BCUT2D eigenvalue weighted by Gasteiger charge is 2.28. The van der Waals surface area contributed by atoms with Gasteiger partial charge in [0.05, 0.1) is 17.6 Å². The molecule has 2 heterocycles. The van der Waals surface area contributed by atoms with Gasteiger partial charge in [-0.2, -0.15) is 5.10 Å². The molecule has 0 amide bonds. The van der Waals surface area contributed by atoms with Crippen molar-refractivity contribution in [3.63, 3.8) is 0 Å². The van der Waals surface area contributed by atoms with Gasteiger partial charge in [-0.25, -0.2) is 0 Å². The molecular formula is C9H8N4O. The highest BCUT2D eigenvalue weighted by Crippen LogP contribution is 2.30. The molecule has 0 unspecified atom stereocenters. The van der Waals surface area contributed by atoms with Crippen molar-refractivity contribution in [3.05, 3.63) is 34.8 Å². The third kappa shape index (κ3) is 0.891. The van der Waals surface area contributed by atoms with Crippen LogP contribution in [0.1, 0.15) is 6.42 Å². The third-order valence-electron chi connectivity index (χ3n) is 2.37. The number of ketones is 1. The summed E-state index contributed by atoms with van der Waals surface area (Å²) in [5.74, 6) is 0.106. The summed E-state index contributed by atoms with van der Waals surface area (Å²) < 4.78 is 0. The molecule has 0 fully saturated rings. The zero-order valence-corrected chi connectivity index (χ0v) is 7.29. The minimum absolute atomic E-state index is 0.106. The first kappa shape index (κ1) is 7.37. The maximum absolute atomic E-state index is 11.3. The van der Waals surface area contributed by atoms with Gasteiger partial charge in [0.25, 0.3) is 0 Å². The lowest BCUT2D eigenvalue weighted by atomic mass is 9.92. The zero-order valence-electron chi connectivity index (χ0n) is 7.29. The Bertz CT molecular complexity index is 442. The fraction of sp³-hybridized carbons (Fsp3) is 0.111. The van der Waals surface area contributed by atoms with Gasteiger partial charge in [0.15, 0.2) is 5.78 Å². The fourth-order valence-corrected chi connectivity index (χ4v) is 1.78. The molecule has 3 rings (SSSR count). The molecule has 5 heteroatoms. The van der Waals surface area contributed by atoms with Crippen molar-refractivity contribution in [1.29, 1.82) is 0 Å². The first-order valence-electron chi connectivity index (χ1n) is 4.34. The molecule has 0 radical (unpaired) electrons. The number of carbonyl (C=O) groups excluding carboxylic acids is 1. The second-order valence-electron chi connectivity index (χ2n) is 3.30. The van der Waals surface area contributed by atoms with E-state index in [-0.39, 0.29) is 5.78 Å². The van der Waals surface area contributed by atoms with Crippen molar-refractivity contribution in [2.45, 2.75) is 6.42 Å². The minimum atomic E-state index is 0.106. The van der Waals surface area contributed by atoms with E-state index in [0.29, 0.717) is 6.42 Å². The van der Waals surface area contributed by atoms with E-state index in [0.717, 1.165) is 22.5 Å². The second kappa shape index (κ2) is 2.47. The Morgan fingerprint density at radius 3 is 3.21 bits per heavy atom. The van der Waals surface area contributed by atoms with Crippen LogP contribution in [-0.4, -0.2) is 12.0 Å². The maximum atomic E-state index is 11.3. The van der Waals surface area contributed by atoms with Crippen LogP contribution < -0.4 is 16.3 Å². The van der Waals surface area contributed by atoms with E-state index in [9.17, 15) is 4.79 Å². The third-order valence-corrected chi connectivity index (χ3v) is 2.37. The molecule has 3 N–H and O–H groups in total. The number of rotatable bonds is 0. The van der Waals surface area contributed by atoms with E-state index < -0.39 is 0 Å². The standard InChI is InChI=1S/C9H8N4O/c14-6-1-5-3-10-11-4-8-9(5)7(2-6)12-13-8/h2-4,10,12-13H,1H2. The SMILES string of the molecule is O=C1C=C2NNC3=C2C(=CNN=C3)C1. The Labute approximate surface area is 80.2 Å². The summed E-state index contributed by atoms with van der Waals surface area (Å²) in [4.78, 5) is 11.3. The fourth-order valence-electron chi connectivity index (χ4n) is 1.78. The van der Waals surface area contributed by atoms with Crippen molar-refractivity contribution < 1.29 is 4.79 Å². The number of hydrogen-bond donors (Lipinski definition) is 3. The lowest BCUT2D eigenvalue weighted by molar-refractivity contribution is -0.114. The molecule has 5 nitrogen and oxygen atoms in total. The lowest BCUT2D eigenvalue weighted by Crippen LogP contribution is -2.25. The lowest BCUT2D eigenvalue weighted by Gasteiger charge is -2.13. The molecule has 0 atom stereocenters. The molecule has 1 aliphatic carbocycles. The summed E-state index contributed by atoms with van der Waals surface area (Å²) in [6, 6.07) is 0. The number of hydrazone groups is 1. The van der Waals surface area contributed by atoms with Crippen molar-refractivity contribution in [1.82, 2.24) is 16.3 Å². The minimum Gasteiger partial charge on any atom is -0.300 e. The Hall–Kier alpha value is -2.04. The number of hydrazine groups is 1. The first-order chi connectivity index (χ1) is 6.84. The van der Waals surface area contributed by atoms with Gasteiger partial charge >= 0.3 is 0 Å². The maximum Gasteiger partial charge on any atom is 0.162 e. The van der Waals surface area contributed by atoms with Crippen LogP contribution in [0.15, 0.2) is 39.9 Å². The summed E-state index contributed by atoms with van der Waals surface area (Å²) in [5.41, 5.74) is 12.4. The molecule has 0 aromatic rings. The van der Waals surface area contributed by atoms with Crippen molar-refractivity contribution in [2.75, 3.05) is 0 Å². The molecular weight excluding hydrogens is 180 g/mol. The van der Waals surface area contributed by atoms with Gasteiger partial charge in [-0.3, -0.25) is 15.6 Å². The van der Waals surface area contributed by atoms with Crippen molar-refractivity contribution in [3.8, 4) is 0 Å². The van der Waals surface area contributed by atoms with Gasteiger partial charge in [0.1, 0.15) is 0 Å². The van der Waals surface area contributed by atoms with Crippen LogP contribution >= 0.6 is 0 Å². The number of hydrogen-bond acceptors (Lipinski definition) is 5. The Kier molecular flexibility index (Phi) is 1.30. The van der Waals surface area contributed by atoms with Crippen LogP contribution in [0.4, 0.5) is 0 Å². The van der Waals surface area contributed by atoms with Gasteiger partial charge in [0.2, 0.25) is 0 Å². The molecule has 0 aromatic heterocycles. The molecule has 70 valence electrons. The van der Waals surface area contributed by atoms with Crippen LogP contribution in [-0.2, 0) is 4.79 Å². The number of nitrogens with zero attached hydrogens (tertiary/aromatic N) is 1. The largest absolute Gasteiger partial charge is 0.300 e. The van der Waals surface area contributed by atoms with E-state index in [1.807, 2.05) is 0 Å². The molecule has 0 bridgehead atoms. The molecule has 2 aliphatic heterocycles. The topological polar surface area (TPSA) is 65.5 Å². The molecule has 14 heavy (non-hydrogen) atoms. The molecule has 3 aliphatic rings. The van der Waals surface area contributed by atoms with Gasteiger partial charge in [-0.1, -0.05) is 0 Å². The highest BCUT2D eigenvalue weighted by atomic mass is 16.1. The van der Waals surface area contributed by atoms with E-state index >= 15 is 0 Å². The van der Waals surface area contributed by atoms with Gasteiger partial charge in [-0.05, 0) is 5.57 Å². The van der Waals surface area contributed by atoms with E-state index in [1.165, 1.54) is 0 Å². The number of carbonyl (C=O) groups is 1. The normalized spacial score (nSPS) is 22.7. The zero-order chi connectivity index (χ0) is 9.54. The van der Waals surface area contributed by atoms with Crippen LogP contribution in [0.25, 0.3) is 0 Å². The molecule has 0 aromatic carbocycles. The van der Waals surface area contributed by atoms with Gasteiger partial charge < -0.3 is 5.43 Å². The van der Waals surface area contributed by atoms with Crippen molar-refractivity contribution >= 4 is 12.0 Å². The predicted octanol–water partition coefficient (Wildman–Crippen LogP) is -0.322. The summed E-state index contributed by atoms with van der Waals surface area (Å²) >= 11 is 0. The van der Waals surface area contributed by atoms with Crippen molar-refractivity contribution in [2.24, 2.45) is 5.10 Å². The van der Waals surface area contributed by atoms with Gasteiger partial charge in [-0.15, -0.1) is 0 Å². The average molecular weight is 188 g/mol. The summed E-state index contributed by atoms with van der Waals surface area (Å²) in [6.07, 6.45) is 5.51. The Morgan fingerprint density at radius 1 is 1.36 bits per heavy atom. The summed E-state index contributed by atoms with van der Waals surface area (Å²) in [6.45, 7) is 0. The predicted molar refractivity (Wildman–Crippen MR) is 50.7 cm³/mol. The first-order valence-corrected chi connectivity index (χ1v) is 4.34. The molecule has 0 spiro atoms. The van der Waals surface area contributed by atoms with E-state index in [1.54, 1.807) is 18.5 Å². The molecule has 0 saturated carbocycles. The quantitative estimate of drug-likeness (QED) is 0.487. The van der Waals surface area contributed by atoms with Gasteiger partial charge in [0, 0.05) is 24.3 Å². The summed E-state index contributed by atoms with van der Waals surface area (Å²) in [7, 11) is 0. The number of allylic oxidation sites excluding steroid dienone is 3. The second-order valence-corrected chi connectivity index (χ2v) is 3.30. The monoisotopic (exact) mass is 188 g/mol. The van der Waals surface area contributed by atoms with Crippen LogP contribution in [0.5, 0.6) is 0 Å². The van der Waals surface area contributed by atoms with Crippen LogP contribution in [0.2, 0.25) is 0 Å². The average Bonchev–Trinajstić information content (AvgIpc) is 2.43. The van der Waals surface area contributed by atoms with Crippen LogP contribution in [0.3, 0.4) is 0 Å².